The maximum absolute atomic E-state index is 9.06. The fourth-order valence-electron chi connectivity index (χ4n) is 5.68. The highest BCUT2D eigenvalue weighted by Crippen LogP contribution is 2.45. The van der Waals surface area contributed by atoms with E-state index in [1.807, 2.05) is 54.8 Å². The number of pyridine rings is 1. The summed E-state index contributed by atoms with van der Waals surface area (Å²) in [6.45, 7) is 4.90. The average molecular weight is 579 g/mol. The van der Waals surface area contributed by atoms with E-state index in [0.29, 0.717) is 35.8 Å². The third kappa shape index (κ3) is 5.24. The lowest BCUT2D eigenvalue weighted by atomic mass is 10.1. The van der Waals surface area contributed by atoms with Gasteiger partial charge in [0.1, 0.15) is 24.6 Å². The minimum atomic E-state index is -0.820. The number of benzene rings is 2. The minimum Gasteiger partial charge on any atom is -0.382 e. The number of fused-ring (bicyclic) bond motifs is 3. The van der Waals surface area contributed by atoms with Gasteiger partial charge in [0.25, 0.3) is 0 Å². The first-order chi connectivity index (χ1) is 20.9. The maximum Gasteiger partial charge on any atom is 0.207 e. The summed E-state index contributed by atoms with van der Waals surface area (Å²) in [6.07, 6.45) is 1.30. The lowest BCUT2D eigenvalue weighted by molar-refractivity contribution is -0.201. The Morgan fingerprint density at radius 3 is 2.70 bits per heavy atom. The molecule has 2 saturated heterocycles. The number of anilines is 2. The van der Waals surface area contributed by atoms with Crippen LogP contribution in [0.25, 0.3) is 22.1 Å². The number of nitrogens with one attached hydrogen (secondary N) is 1. The highest BCUT2D eigenvalue weighted by molar-refractivity contribution is 5.84. The molecule has 0 radical (unpaired) electrons. The van der Waals surface area contributed by atoms with Crippen molar-refractivity contribution < 1.29 is 18.9 Å². The number of nitrogens with two attached hydrogens (primary N) is 1. The molecule has 5 aromatic rings. The number of nitriles is 1. The molecule has 4 atom stereocenters. The van der Waals surface area contributed by atoms with Crippen LogP contribution in [0.4, 0.5) is 11.8 Å². The average Bonchev–Trinajstić information content (AvgIpc) is 3.65. The summed E-state index contributed by atoms with van der Waals surface area (Å²) in [5.74, 6) is -0.0334. The highest BCUT2D eigenvalue weighted by Gasteiger charge is 2.56. The predicted molar refractivity (Wildman–Crippen MR) is 157 cm³/mol. The molecule has 0 aliphatic carbocycles. The normalized spacial score (nSPS) is 22.5. The Morgan fingerprint density at radius 2 is 1.86 bits per heavy atom. The van der Waals surface area contributed by atoms with Gasteiger partial charge in [-0.2, -0.15) is 5.26 Å². The van der Waals surface area contributed by atoms with Gasteiger partial charge in [0.15, 0.2) is 29.0 Å². The van der Waals surface area contributed by atoms with Crippen LogP contribution >= 0.6 is 0 Å². The number of aromatic nitrogens is 5. The van der Waals surface area contributed by atoms with Gasteiger partial charge in [0.2, 0.25) is 5.95 Å². The molecule has 2 aliphatic heterocycles. The van der Waals surface area contributed by atoms with Crippen molar-refractivity contribution in [3.63, 3.8) is 0 Å². The van der Waals surface area contributed by atoms with Crippen molar-refractivity contribution in [1.29, 1.82) is 5.26 Å². The van der Waals surface area contributed by atoms with E-state index in [4.69, 9.17) is 34.9 Å². The van der Waals surface area contributed by atoms with Gasteiger partial charge < -0.3 is 30.0 Å². The maximum atomic E-state index is 9.06. The fraction of sp³-hybridized carbons (Fsp3) is 0.323. The first-order valence-electron chi connectivity index (χ1n) is 14.0. The molecule has 3 N–H and O–H groups in total. The third-order valence-corrected chi connectivity index (χ3v) is 7.64. The summed E-state index contributed by atoms with van der Waals surface area (Å²) in [4.78, 5) is 17.9. The van der Waals surface area contributed by atoms with Crippen molar-refractivity contribution >= 4 is 33.8 Å². The number of hydrogen-bond donors (Lipinski definition) is 2. The molecule has 12 nitrogen and oxygen atoms in total. The largest absolute Gasteiger partial charge is 0.382 e. The van der Waals surface area contributed by atoms with Crippen molar-refractivity contribution in [3.8, 4) is 6.07 Å². The lowest BCUT2D eigenvalue weighted by Crippen LogP contribution is -2.32. The zero-order valence-corrected chi connectivity index (χ0v) is 23.7. The number of ether oxygens (including phenoxy) is 4. The molecule has 0 amide bonds. The second kappa shape index (κ2) is 10.9. The van der Waals surface area contributed by atoms with E-state index in [1.54, 1.807) is 18.3 Å². The van der Waals surface area contributed by atoms with E-state index in [0.717, 1.165) is 22.0 Å². The quantitative estimate of drug-likeness (QED) is 0.274. The summed E-state index contributed by atoms with van der Waals surface area (Å²) in [5, 5.41) is 13.6. The standard InChI is InChI=1S/C31H30N8O4/c1-31(2)42-25-23(16-40-15-19-7-5-18(13-32)6-8-19)41-29(26(25)43-31)39-28-24(27(33)36-17-37-28)38-30(39)35-14-20-9-10-22-21(12-20)4-3-11-34-22/h3-12,17,23,25-26,29H,14-16H2,1-2H3,(H,35,38)(H2,33,36,37)/t23-,25-,26-,29-/m1/s1. The van der Waals surface area contributed by atoms with Crippen LogP contribution in [0.3, 0.4) is 0 Å². The molecular formula is C31H30N8O4. The van der Waals surface area contributed by atoms with Gasteiger partial charge in [-0.05, 0) is 55.3 Å². The molecule has 0 saturated carbocycles. The molecule has 218 valence electrons. The van der Waals surface area contributed by atoms with Gasteiger partial charge in [0.05, 0.1) is 30.4 Å². The van der Waals surface area contributed by atoms with Crippen molar-refractivity contribution in [3.05, 3.63) is 83.8 Å². The van der Waals surface area contributed by atoms with Crippen LogP contribution in [0.15, 0.2) is 67.1 Å². The number of hydrogen-bond acceptors (Lipinski definition) is 11. The van der Waals surface area contributed by atoms with Crippen LogP contribution < -0.4 is 11.1 Å². The molecule has 3 aromatic heterocycles. The minimum absolute atomic E-state index is 0.268. The zero-order chi connectivity index (χ0) is 29.6. The Hall–Kier alpha value is -4.67. The van der Waals surface area contributed by atoms with E-state index >= 15 is 0 Å². The SMILES string of the molecule is CC1(C)O[C@@H]2[C@H](O1)[C@@H](COCc1ccc(C#N)cc1)O[C@H]2n1c(NCc2ccc3ncccc3c2)nc2c(N)ncnc21. The van der Waals surface area contributed by atoms with E-state index in [1.165, 1.54) is 6.33 Å². The van der Waals surface area contributed by atoms with Crippen molar-refractivity contribution in [2.75, 3.05) is 17.7 Å². The summed E-state index contributed by atoms with van der Waals surface area (Å²) in [5.41, 5.74) is 10.8. The van der Waals surface area contributed by atoms with Crippen LogP contribution in [-0.4, -0.2) is 55.2 Å². The van der Waals surface area contributed by atoms with Gasteiger partial charge in [-0.3, -0.25) is 9.55 Å². The molecule has 2 aliphatic rings. The first kappa shape index (κ1) is 27.2. The highest BCUT2D eigenvalue weighted by atomic mass is 16.8. The molecule has 0 spiro atoms. The fourth-order valence-corrected chi connectivity index (χ4v) is 5.68. The van der Waals surface area contributed by atoms with E-state index in [2.05, 4.69) is 32.4 Å². The Bertz CT molecular complexity index is 1830. The Morgan fingerprint density at radius 1 is 1.05 bits per heavy atom. The first-order valence-corrected chi connectivity index (χ1v) is 14.0. The van der Waals surface area contributed by atoms with Crippen LogP contribution in [0.5, 0.6) is 0 Å². The number of rotatable bonds is 8. The number of nitrogen functional groups attached to an aromatic ring is 1. The summed E-state index contributed by atoms with van der Waals surface area (Å²) >= 11 is 0. The van der Waals surface area contributed by atoms with Gasteiger partial charge in [-0.25, -0.2) is 15.0 Å². The van der Waals surface area contributed by atoms with E-state index in [9.17, 15) is 0 Å². The molecule has 12 heteroatoms. The topological polar surface area (TPSA) is 155 Å². The molecule has 5 heterocycles. The van der Waals surface area contributed by atoms with E-state index in [-0.39, 0.29) is 12.4 Å². The third-order valence-electron chi connectivity index (χ3n) is 7.64. The van der Waals surface area contributed by atoms with Crippen molar-refractivity contribution in [2.45, 2.75) is 57.3 Å². The van der Waals surface area contributed by atoms with E-state index < -0.39 is 30.3 Å². The zero-order valence-electron chi connectivity index (χ0n) is 23.7. The molecule has 2 aromatic carbocycles. The van der Waals surface area contributed by atoms with Crippen LogP contribution in [0.1, 0.15) is 36.8 Å². The molecular weight excluding hydrogens is 548 g/mol. The van der Waals surface area contributed by atoms with Gasteiger partial charge >= 0.3 is 0 Å². The van der Waals surface area contributed by atoms with Crippen LogP contribution in [0.2, 0.25) is 0 Å². The van der Waals surface area contributed by atoms with Gasteiger partial charge in [-0.1, -0.05) is 24.3 Å². The van der Waals surface area contributed by atoms with Crippen LogP contribution in [-0.2, 0) is 32.1 Å². The lowest BCUT2D eigenvalue weighted by Gasteiger charge is -2.25. The van der Waals surface area contributed by atoms with Gasteiger partial charge in [-0.15, -0.1) is 0 Å². The second-order valence-corrected chi connectivity index (χ2v) is 11.1. The Labute approximate surface area is 247 Å². The summed E-state index contributed by atoms with van der Waals surface area (Å²) < 4.78 is 27.2. The monoisotopic (exact) mass is 578 g/mol. The van der Waals surface area contributed by atoms with Crippen molar-refractivity contribution in [2.24, 2.45) is 0 Å². The molecule has 2 fully saturated rings. The summed E-state index contributed by atoms with van der Waals surface area (Å²) in [6, 6.07) is 19.5. The molecule has 0 bridgehead atoms. The smallest absolute Gasteiger partial charge is 0.207 e. The second-order valence-electron chi connectivity index (χ2n) is 11.1. The summed E-state index contributed by atoms with van der Waals surface area (Å²) in [7, 11) is 0. The molecule has 0 unspecified atom stereocenters. The van der Waals surface area contributed by atoms with Gasteiger partial charge in [0, 0.05) is 18.1 Å². The van der Waals surface area contributed by atoms with Crippen molar-refractivity contribution in [1.82, 2.24) is 24.5 Å². The number of imidazole rings is 1. The predicted octanol–water partition coefficient (Wildman–Crippen LogP) is 4.07. The Balaban J connectivity index is 1.16. The number of nitrogens with zero attached hydrogens (tertiary/aromatic N) is 6. The molecule has 7 rings (SSSR count). The molecule has 43 heavy (non-hydrogen) atoms. The Kier molecular flexibility index (Phi) is 6.87. The van der Waals surface area contributed by atoms with Crippen LogP contribution in [0, 0.1) is 11.3 Å².